The molecule has 2 aromatic heterocycles. The van der Waals surface area contributed by atoms with Gasteiger partial charge in [-0.25, -0.2) is 9.97 Å². The van der Waals surface area contributed by atoms with Crippen molar-refractivity contribution in [2.45, 2.75) is 51.6 Å². The van der Waals surface area contributed by atoms with Crippen molar-refractivity contribution in [3.8, 4) is 22.5 Å². The lowest BCUT2D eigenvalue weighted by atomic mass is 9.97. The first-order valence-corrected chi connectivity index (χ1v) is 13.2. The highest BCUT2D eigenvalue weighted by Crippen LogP contribution is 2.33. The molecule has 2 aliphatic rings. The second-order valence-electron chi connectivity index (χ2n) is 10.3. The maximum atomic E-state index is 12.9. The van der Waals surface area contributed by atoms with Gasteiger partial charge in [0.05, 0.1) is 25.2 Å². The van der Waals surface area contributed by atoms with Crippen molar-refractivity contribution in [3.05, 3.63) is 83.8 Å². The van der Waals surface area contributed by atoms with E-state index in [4.69, 9.17) is 4.98 Å². The molecule has 0 atom stereocenters. The van der Waals surface area contributed by atoms with E-state index in [2.05, 4.69) is 76.5 Å². The third kappa shape index (κ3) is 4.67. The minimum Gasteiger partial charge on any atom is -0.317 e. The third-order valence-corrected chi connectivity index (χ3v) is 7.48. The highest BCUT2D eigenvalue weighted by molar-refractivity contribution is 6.00. The van der Waals surface area contributed by atoms with Crippen LogP contribution in [0.5, 0.6) is 0 Å². The number of aromatic nitrogens is 4. The van der Waals surface area contributed by atoms with Crippen LogP contribution >= 0.6 is 0 Å². The van der Waals surface area contributed by atoms with E-state index in [0.29, 0.717) is 30.7 Å². The summed E-state index contributed by atoms with van der Waals surface area (Å²) >= 11 is 0. The molecule has 188 valence electrons. The summed E-state index contributed by atoms with van der Waals surface area (Å²) in [7, 11) is 0. The normalized spacial score (nSPS) is 16.0. The van der Waals surface area contributed by atoms with Crippen molar-refractivity contribution in [3.63, 3.8) is 0 Å². The Morgan fingerprint density at radius 2 is 1.78 bits per heavy atom. The largest absolute Gasteiger partial charge is 0.317 e. The molecule has 6 rings (SSSR count). The molecule has 7 heteroatoms. The fourth-order valence-corrected chi connectivity index (χ4v) is 5.37. The monoisotopic (exact) mass is 492 g/mol. The molecule has 0 spiro atoms. The topological polar surface area (TPSA) is 75.9 Å². The minimum atomic E-state index is 0.0610. The molecular weight excluding hydrogens is 460 g/mol. The number of hydrogen-bond donors (Lipinski definition) is 1. The molecule has 0 unspecified atom stereocenters. The minimum absolute atomic E-state index is 0.0610. The van der Waals surface area contributed by atoms with E-state index in [0.717, 1.165) is 59.6 Å². The molecule has 4 heterocycles. The van der Waals surface area contributed by atoms with Crippen molar-refractivity contribution in [2.75, 3.05) is 18.0 Å². The molecule has 37 heavy (non-hydrogen) atoms. The Morgan fingerprint density at radius 1 is 1.00 bits per heavy atom. The van der Waals surface area contributed by atoms with Crippen LogP contribution in [0.4, 0.5) is 5.82 Å². The second-order valence-corrected chi connectivity index (χ2v) is 10.3. The number of nitrogens with zero attached hydrogens (tertiary/aromatic N) is 5. The molecule has 2 aromatic carbocycles. The first-order valence-electron chi connectivity index (χ1n) is 13.2. The Bertz CT molecular complexity index is 1420. The summed E-state index contributed by atoms with van der Waals surface area (Å²) in [5.74, 6) is 1.81. The van der Waals surface area contributed by atoms with Crippen molar-refractivity contribution in [1.82, 2.24) is 25.1 Å². The predicted octanol–water partition coefficient (Wildman–Crippen LogP) is 5.14. The lowest BCUT2D eigenvalue weighted by molar-refractivity contribution is -0.117. The highest BCUT2D eigenvalue weighted by Gasteiger charge is 2.30. The Morgan fingerprint density at radius 3 is 2.57 bits per heavy atom. The number of benzene rings is 2. The second kappa shape index (κ2) is 9.90. The van der Waals surface area contributed by atoms with Gasteiger partial charge in [-0.15, -0.1) is 0 Å². The molecule has 1 amide bonds. The highest BCUT2D eigenvalue weighted by atomic mass is 16.2. The maximum absolute atomic E-state index is 12.9. The number of anilines is 1. The van der Waals surface area contributed by atoms with Gasteiger partial charge in [0.2, 0.25) is 5.91 Å². The lowest BCUT2D eigenvalue weighted by Gasteiger charge is -2.22. The lowest BCUT2D eigenvalue weighted by Crippen LogP contribution is -2.29. The summed E-state index contributed by atoms with van der Waals surface area (Å²) < 4.78 is 2.11. The summed E-state index contributed by atoms with van der Waals surface area (Å²) in [6.07, 6.45) is 8.48. The first kappa shape index (κ1) is 23.6. The molecule has 1 saturated heterocycles. The molecule has 0 aliphatic carbocycles. The van der Waals surface area contributed by atoms with Gasteiger partial charge in [-0.05, 0) is 48.5 Å². The Labute approximate surface area is 217 Å². The van der Waals surface area contributed by atoms with Gasteiger partial charge in [-0.3, -0.25) is 14.4 Å². The van der Waals surface area contributed by atoms with E-state index < -0.39 is 0 Å². The van der Waals surface area contributed by atoms with Crippen LogP contribution in [0.15, 0.2) is 67.1 Å². The number of piperidine rings is 1. The average molecular weight is 493 g/mol. The van der Waals surface area contributed by atoms with Gasteiger partial charge in [-0.2, -0.15) is 5.10 Å². The van der Waals surface area contributed by atoms with Crippen LogP contribution in [0.3, 0.4) is 0 Å². The summed E-state index contributed by atoms with van der Waals surface area (Å²) in [5, 5.41) is 8.04. The molecule has 1 fully saturated rings. The summed E-state index contributed by atoms with van der Waals surface area (Å²) in [4.78, 5) is 24.2. The number of carbonyl (C=O) groups is 1. The van der Waals surface area contributed by atoms with Crippen LogP contribution in [0.2, 0.25) is 0 Å². The van der Waals surface area contributed by atoms with E-state index in [1.807, 2.05) is 24.5 Å². The van der Waals surface area contributed by atoms with E-state index in [1.54, 1.807) is 4.90 Å². The zero-order valence-electron chi connectivity index (χ0n) is 21.4. The smallest absolute Gasteiger partial charge is 0.233 e. The zero-order valence-corrected chi connectivity index (χ0v) is 21.4. The number of nitrogens with one attached hydrogen (secondary N) is 1. The van der Waals surface area contributed by atoms with Gasteiger partial charge >= 0.3 is 0 Å². The fraction of sp³-hybridized carbons (Fsp3) is 0.333. The van der Waals surface area contributed by atoms with Crippen LogP contribution in [-0.4, -0.2) is 38.7 Å². The molecule has 7 nitrogen and oxygen atoms in total. The molecule has 0 saturated carbocycles. The SMILES string of the molecule is CC(C)c1ccccc1-c1ncc2c(n1)N(Cc1ccc(-c3cnn(C4CCNCC4)c3)cc1)C(=O)C2. The van der Waals surface area contributed by atoms with Crippen molar-refractivity contribution in [2.24, 2.45) is 0 Å². The van der Waals surface area contributed by atoms with E-state index >= 15 is 0 Å². The Balaban J connectivity index is 1.22. The number of hydrogen-bond acceptors (Lipinski definition) is 5. The summed E-state index contributed by atoms with van der Waals surface area (Å²) in [6.45, 7) is 6.92. The van der Waals surface area contributed by atoms with Crippen LogP contribution in [0.25, 0.3) is 22.5 Å². The predicted molar refractivity (Wildman–Crippen MR) is 145 cm³/mol. The first-order chi connectivity index (χ1) is 18.1. The van der Waals surface area contributed by atoms with Gasteiger partial charge in [0, 0.05) is 29.1 Å². The summed E-state index contributed by atoms with van der Waals surface area (Å²) in [6, 6.07) is 17.1. The van der Waals surface area contributed by atoms with Crippen LogP contribution in [0, 0.1) is 0 Å². The third-order valence-electron chi connectivity index (χ3n) is 7.48. The number of rotatable bonds is 6. The van der Waals surface area contributed by atoms with Crippen LogP contribution in [-0.2, 0) is 17.8 Å². The van der Waals surface area contributed by atoms with Crippen molar-refractivity contribution < 1.29 is 4.79 Å². The quantitative estimate of drug-likeness (QED) is 0.403. The number of carbonyl (C=O) groups excluding carboxylic acids is 1. The van der Waals surface area contributed by atoms with Gasteiger partial charge in [0.15, 0.2) is 5.82 Å². The maximum Gasteiger partial charge on any atom is 0.233 e. The van der Waals surface area contributed by atoms with Gasteiger partial charge in [0.25, 0.3) is 0 Å². The van der Waals surface area contributed by atoms with Gasteiger partial charge in [0.1, 0.15) is 5.82 Å². The van der Waals surface area contributed by atoms with E-state index in [1.165, 1.54) is 5.56 Å². The average Bonchev–Trinajstić information content (AvgIpc) is 3.54. The van der Waals surface area contributed by atoms with Crippen molar-refractivity contribution >= 4 is 11.7 Å². The van der Waals surface area contributed by atoms with Crippen LogP contribution in [0.1, 0.15) is 55.3 Å². The van der Waals surface area contributed by atoms with Crippen LogP contribution < -0.4 is 10.2 Å². The standard InChI is InChI=1S/C30H32N6O/c1-20(2)26-5-3-4-6-27(26)29-32-16-23-15-28(37)35(30(23)34-29)18-21-7-9-22(10-8-21)24-17-33-36(19-24)25-11-13-31-14-12-25/h3-10,16-17,19-20,25,31H,11-15,18H2,1-2H3. The molecule has 4 aromatic rings. The fourth-order valence-electron chi connectivity index (χ4n) is 5.37. The number of amides is 1. The molecule has 0 bridgehead atoms. The number of fused-ring (bicyclic) bond motifs is 1. The van der Waals surface area contributed by atoms with E-state index in [9.17, 15) is 4.79 Å². The molecule has 0 radical (unpaired) electrons. The Hall–Kier alpha value is -3.84. The Kier molecular flexibility index (Phi) is 6.30. The molecule has 2 aliphatic heterocycles. The zero-order chi connectivity index (χ0) is 25.4. The van der Waals surface area contributed by atoms with Gasteiger partial charge < -0.3 is 5.32 Å². The van der Waals surface area contributed by atoms with E-state index in [-0.39, 0.29) is 5.91 Å². The van der Waals surface area contributed by atoms with Gasteiger partial charge in [-0.1, -0.05) is 62.4 Å². The summed E-state index contributed by atoms with van der Waals surface area (Å²) in [5.41, 5.74) is 6.43. The molecule has 1 N–H and O–H groups in total. The molecular formula is C30H32N6O. The van der Waals surface area contributed by atoms with Crippen molar-refractivity contribution in [1.29, 1.82) is 0 Å².